The van der Waals surface area contributed by atoms with Crippen molar-refractivity contribution in [3.8, 4) is 0 Å². The van der Waals surface area contributed by atoms with Crippen LogP contribution < -0.4 is 0 Å². The first-order valence-electron chi connectivity index (χ1n) is 3.22. The third kappa shape index (κ3) is 6.84. The van der Waals surface area contributed by atoms with Crippen molar-refractivity contribution in [1.82, 2.24) is 0 Å². The second-order valence-electron chi connectivity index (χ2n) is 1.91. The van der Waals surface area contributed by atoms with Crippen LogP contribution in [-0.4, -0.2) is 16.6 Å². The first kappa shape index (κ1) is 10.7. The topological polar surface area (TPSA) is 0 Å². The third-order valence-electron chi connectivity index (χ3n) is 0.887. The van der Waals surface area contributed by atoms with Gasteiger partial charge >= 0.3 is 0 Å². The molecule has 0 atom stereocenters. The van der Waals surface area contributed by atoms with Crippen LogP contribution in [0.3, 0.4) is 0 Å². The molecule has 10 heavy (non-hydrogen) atoms. The Labute approximate surface area is 76.8 Å². The number of thioether (sulfide) groups is 2. The summed E-state index contributed by atoms with van der Waals surface area (Å²) in [6, 6.07) is 0. The summed E-state index contributed by atoms with van der Waals surface area (Å²) in [5.41, 5.74) is 2.91. The van der Waals surface area contributed by atoms with Crippen molar-refractivity contribution in [2.45, 2.75) is 13.8 Å². The average Bonchev–Trinajstić information content (AvgIpc) is 1.98. The van der Waals surface area contributed by atoms with Crippen LogP contribution in [0.25, 0.3) is 0 Å². The predicted octanol–water partition coefficient (Wildman–Crippen LogP) is 3.57. The van der Waals surface area contributed by atoms with E-state index in [0.717, 1.165) is 5.75 Å². The Bertz CT molecular complexity index is 102. The average molecular weight is 197 g/mol. The van der Waals surface area contributed by atoms with E-state index in [2.05, 4.69) is 13.8 Å². The van der Waals surface area contributed by atoms with E-state index in [1.807, 2.05) is 23.5 Å². The Morgan fingerprint density at radius 2 is 2.20 bits per heavy atom. The monoisotopic (exact) mass is 196 g/mol. The van der Waals surface area contributed by atoms with Crippen molar-refractivity contribution in [1.29, 1.82) is 0 Å². The molecular formula is C7H13ClS2. The zero-order valence-electron chi connectivity index (χ0n) is 6.39. The summed E-state index contributed by atoms with van der Waals surface area (Å²) in [6.45, 7) is 4.23. The summed E-state index contributed by atoms with van der Waals surface area (Å²) in [5.74, 6) is 2.27. The summed E-state index contributed by atoms with van der Waals surface area (Å²) in [4.78, 5) is 0. The number of hydrogen-bond acceptors (Lipinski definition) is 2. The second-order valence-corrected chi connectivity index (χ2v) is 4.76. The normalized spacial score (nSPS) is 12.1. The van der Waals surface area contributed by atoms with Gasteiger partial charge in [-0.1, -0.05) is 24.1 Å². The molecule has 0 fully saturated rings. The number of rotatable bonds is 5. The van der Waals surface area contributed by atoms with Crippen molar-refractivity contribution in [3.05, 3.63) is 11.1 Å². The van der Waals surface area contributed by atoms with E-state index >= 15 is 0 Å². The molecule has 3 heteroatoms. The molecule has 0 saturated heterocycles. The molecule has 0 aromatic rings. The molecule has 0 rings (SSSR count). The van der Waals surface area contributed by atoms with Gasteiger partial charge in [-0.3, -0.25) is 0 Å². The molecule has 0 bridgehead atoms. The van der Waals surface area contributed by atoms with E-state index in [9.17, 15) is 0 Å². The highest BCUT2D eigenvalue weighted by molar-refractivity contribution is 8.16. The second kappa shape index (κ2) is 7.83. The zero-order chi connectivity index (χ0) is 7.82. The molecule has 0 amide bonds. The van der Waals surface area contributed by atoms with Gasteiger partial charge in [-0.25, -0.2) is 0 Å². The van der Waals surface area contributed by atoms with Gasteiger partial charge in [0.15, 0.2) is 0 Å². The van der Waals surface area contributed by atoms with E-state index in [-0.39, 0.29) is 0 Å². The molecule has 0 aliphatic rings. The molecule has 0 aliphatic heterocycles. The standard InChI is InChI=1S/C7H13ClS2/c1-3-9-6-10-5-7(2)4-8/h4H,3,5-6H2,1-2H3/b7-4+. The predicted molar refractivity (Wildman–Crippen MR) is 55.1 cm³/mol. The van der Waals surface area contributed by atoms with Crippen molar-refractivity contribution in [3.63, 3.8) is 0 Å². The van der Waals surface area contributed by atoms with E-state index in [1.54, 1.807) is 5.54 Å². The quantitative estimate of drug-likeness (QED) is 0.487. The van der Waals surface area contributed by atoms with E-state index in [1.165, 1.54) is 16.4 Å². The third-order valence-corrected chi connectivity index (χ3v) is 3.66. The van der Waals surface area contributed by atoms with Crippen LogP contribution in [0.1, 0.15) is 13.8 Å². The maximum Gasteiger partial charge on any atom is 0.0395 e. The molecule has 0 nitrogen and oxygen atoms in total. The van der Waals surface area contributed by atoms with Gasteiger partial charge in [0.25, 0.3) is 0 Å². The Hall–Kier alpha value is 0.730. The van der Waals surface area contributed by atoms with E-state index < -0.39 is 0 Å². The van der Waals surface area contributed by atoms with Crippen molar-refractivity contribution in [2.24, 2.45) is 0 Å². The van der Waals surface area contributed by atoms with Gasteiger partial charge in [-0.05, 0) is 12.7 Å². The molecule has 0 aromatic carbocycles. The van der Waals surface area contributed by atoms with Crippen LogP contribution in [-0.2, 0) is 0 Å². The highest BCUT2D eigenvalue weighted by Crippen LogP contribution is 2.14. The molecule has 60 valence electrons. The molecule has 0 aromatic heterocycles. The molecule has 0 spiro atoms. The zero-order valence-corrected chi connectivity index (χ0v) is 8.78. The lowest BCUT2D eigenvalue weighted by atomic mass is 10.4. The van der Waals surface area contributed by atoms with Gasteiger partial charge in [0.1, 0.15) is 0 Å². The van der Waals surface area contributed by atoms with Gasteiger partial charge in [0.2, 0.25) is 0 Å². The Balaban J connectivity index is 3.04. The van der Waals surface area contributed by atoms with Crippen LogP contribution in [0.5, 0.6) is 0 Å². The van der Waals surface area contributed by atoms with Crippen LogP contribution in [0.2, 0.25) is 0 Å². The molecular weight excluding hydrogens is 184 g/mol. The van der Waals surface area contributed by atoms with Gasteiger partial charge < -0.3 is 0 Å². The summed E-state index contributed by atoms with van der Waals surface area (Å²) in [5, 5.41) is 1.18. The first-order chi connectivity index (χ1) is 4.81. The molecule has 0 heterocycles. The molecule has 0 aliphatic carbocycles. The van der Waals surface area contributed by atoms with Gasteiger partial charge in [-0.2, -0.15) is 11.8 Å². The van der Waals surface area contributed by atoms with Crippen molar-refractivity contribution in [2.75, 3.05) is 16.6 Å². The van der Waals surface area contributed by atoms with Gasteiger partial charge in [0, 0.05) is 16.4 Å². The van der Waals surface area contributed by atoms with Crippen molar-refractivity contribution < 1.29 is 0 Å². The summed E-state index contributed by atoms with van der Waals surface area (Å²) in [6.07, 6.45) is 0. The summed E-state index contributed by atoms with van der Waals surface area (Å²) >= 11 is 9.36. The largest absolute Gasteiger partial charge is 0.151 e. The minimum absolute atomic E-state index is 1.07. The lowest BCUT2D eigenvalue weighted by Gasteiger charge is -1.98. The maximum absolute atomic E-state index is 5.48. The molecule has 0 unspecified atom stereocenters. The van der Waals surface area contributed by atoms with Gasteiger partial charge in [-0.15, -0.1) is 11.8 Å². The fourth-order valence-corrected chi connectivity index (χ4v) is 2.42. The molecule has 0 saturated carbocycles. The Morgan fingerprint density at radius 3 is 2.70 bits per heavy atom. The summed E-state index contributed by atoms with van der Waals surface area (Å²) < 4.78 is 0. The van der Waals surface area contributed by atoms with Crippen LogP contribution in [0.15, 0.2) is 11.1 Å². The lowest BCUT2D eigenvalue weighted by Crippen LogP contribution is -1.80. The van der Waals surface area contributed by atoms with Crippen LogP contribution >= 0.6 is 35.1 Å². The highest BCUT2D eigenvalue weighted by atomic mass is 35.5. The molecule has 0 radical (unpaired) electrons. The minimum Gasteiger partial charge on any atom is -0.151 e. The fourth-order valence-electron chi connectivity index (χ4n) is 0.376. The fraction of sp³-hybridized carbons (Fsp3) is 0.714. The molecule has 0 N–H and O–H groups in total. The van der Waals surface area contributed by atoms with Crippen molar-refractivity contribution >= 4 is 35.1 Å². The highest BCUT2D eigenvalue weighted by Gasteiger charge is 1.89. The van der Waals surface area contributed by atoms with Crippen LogP contribution in [0.4, 0.5) is 0 Å². The summed E-state index contributed by atoms with van der Waals surface area (Å²) in [7, 11) is 0. The minimum atomic E-state index is 1.07. The number of halogens is 1. The van der Waals surface area contributed by atoms with E-state index in [4.69, 9.17) is 11.6 Å². The number of hydrogen-bond donors (Lipinski definition) is 0. The van der Waals surface area contributed by atoms with Crippen LogP contribution in [0, 0.1) is 0 Å². The lowest BCUT2D eigenvalue weighted by molar-refractivity contribution is 1.43. The van der Waals surface area contributed by atoms with Gasteiger partial charge in [0.05, 0.1) is 0 Å². The smallest absolute Gasteiger partial charge is 0.0395 e. The van der Waals surface area contributed by atoms with E-state index in [0.29, 0.717) is 0 Å². The Morgan fingerprint density at radius 1 is 1.50 bits per heavy atom. The SMILES string of the molecule is CCSCSC/C(C)=C/Cl. The Kier molecular flexibility index (Phi) is 8.40. The maximum atomic E-state index is 5.48. The first-order valence-corrected chi connectivity index (χ1v) is 5.97.